The number of nitrogens with zero attached hydrogens (tertiary/aromatic N) is 2. The maximum absolute atomic E-state index is 13.8. The zero-order valence-electron chi connectivity index (χ0n) is 13.9. The molecule has 1 fully saturated rings. The van der Waals surface area contributed by atoms with Crippen molar-refractivity contribution in [1.82, 2.24) is 10.1 Å². The van der Waals surface area contributed by atoms with E-state index in [-0.39, 0.29) is 18.1 Å². The first-order valence-electron chi connectivity index (χ1n) is 8.22. The number of hydrogen-bond donors (Lipinski definition) is 0. The molecule has 1 heterocycles. The Morgan fingerprint density at radius 2 is 1.96 bits per heavy atom. The maximum Gasteiger partial charge on any atom is 0.310 e. The number of benzene rings is 2. The van der Waals surface area contributed by atoms with Crippen molar-refractivity contribution >= 4 is 17.6 Å². The van der Waals surface area contributed by atoms with Crippen molar-refractivity contribution in [2.75, 3.05) is 0 Å². The van der Waals surface area contributed by atoms with Gasteiger partial charge in [-0.25, -0.2) is 8.78 Å². The molecule has 1 aliphatic carbocycles. The Balaban J connectivity index is 1.37. The van der Waals surface area contributed by atoms with Crippen molar-refractivity contribution in [2.24, 2.45) is 5.92 Å². The van der Waals surface area contributed by atoms with E-state index in [0.717, 1.165) is 0 Å². The van der Waals surface area contributed by atoms with E-state index < -0.39 is 29.4 Å². The van der Waals surface area contributed by atoms with Crippen LogP contribution in [0.25, 0.3) is 11.4 Å². The SMILES string of the molecule is O=C(OCc1nc(-c2cccc(Cl)c2)no1)[C@@H]1C[C@@H]1c1c(F)cccc1F. The molecule has 0 amide bonds. The van der Waals surface area contributed by atoms with Crippen LogP contribution in [-0.4, -0.2) is 16.1 Å². The molecule has 0 unspecified atom stereocenters. The fourth-order valence-electron chi connectivity index (χ4n) is 2.94. The van der Waals surface area contributed by atoms with E-state index in [0.29, 0.717) is 22.8 Å². The van der Waals surface area contributed by atoms with E-state index >= 15 is 0 Å². The highest BCUT2D eigenvalue weighted by atomic mass is 35.5. The summed E-state index contributed by atoms with van der Waals surface area (Å²) in [6.07, 6.45) is 0.342. The summed E-state index contributed by atoms with van der Waals surface area (Å²) >= 11 is 5.92. The van der Waals surface area contributed by atoms with Crippen molar-refractivity contribution in [3.05, 3.63) is 70.6 Å². The van der Waals surface area contributed by atoms with Crippen LogP contribution in [0.5, 0.6) is 0 Å². The molecule has 2 atom stereocenters. The number of aromatic nitrogens is 2. The van der Waals surface area contributed by atoms with Gasteiger partial charge in [0.05, 0.1) is 5.92 Å². The van der Waals surface area contributed by atoms with E-state index in [1.807, 2.05) is 0 Å². The molecule has 3 aromatic rings. The second-order valence-electron chi connectivity index (χ2n) is 6.21. The van der Waals surface area contributed by atoms with Crippen molar-refractivity contribution in [3.63, 3.8) is 0 Å². The van der Waals surface area contributed by atoms with Gasteiger partial charge in [0, 0.05) is 22.1 Å². The molecule has 0 spiro atoms. The van der Waals surface area contributed by atoms with Crippen LogP contribution in [-0.2, 0) is 16.1 Å². The first-order chi connectivity index (χ1) is 13.0. The predicted octanol–water partition coefficient (Wildman–Crippen LogP) is 4.52. The number of halogens is 3. The molecule has 27 heavy (non-hydrogen) atoms. The summed E-state index contributed by atoms with van der Waals surface area (Å²) in [5, 5.41) is 4.35. The second kappa shape index (κ2) is 7.08. The van der Waals surface area contributed by atoms with E-state index in [4.69, 9.17) is 20.9 Å². The molecule has 1 aliphatic rings. The molecular formula is C19H13ClF2N2O3. The fourth-order valence-corrected chi connectivity index (χ4v) is 3.13. The number of hydrogen-bond acceptors (Lipinski definition) is 5. The van der Waals surface area contributed by atoms with E-state index in [1.54, 1.807) is 24.3 Å². The van der Waals surface area contributed by atoms with Crippen LogP contribution < -0.4 is 0 Å². The largest absolute Gasteiger partial charge is 0.455 e. The van der Waals surface area contributed by atoms with Crippen LogP contribution in [0.2, 0.25) is 5.02 Å². The molecule has 4 rings (SSSR count). The van der Waals surface area contributed by atoms with Gasteiger partial charge in [-0.2, -0.15) is 4.98 Å². The van der Waals surface area contributed by atoms with Crippen molar-refractivity contribution < 1.29 is 22.8 Å². The molecule has 0 radical (unpaired) electrons. The summed E-state index contributed by atoms with van der Waals surface area (Å²) in [5.41, 5.74) is 0.599. The summed E-state index contributed by atoms with van der Waals surface area (Å²) in [6.45, 7) is -0.213. The number of ether oxygens (including phenoxy) is 1. The minimum absolute atomic E-state index is 0.0690. The Bertz CT molecular complexity index is 988. The van der Waals surface area contributed by atoms with Gasteiger partial charge in [0.25, 0.3) is 5.89 Å². The molecule has 0 saturated heterocycles. The molecule has 8 heteroatoms. The summed E-state index contributed by atoms with van der Waals surface area (Å²) in [5.74, 6) is -2.51. The van der Waals surface area contributed by atoms with Gasteiger partial charge >= 0.3 is 5.97 Å². The van der Waals surface area contributed by atoms with Gasteiger partial charge in [-0.05, 0) is 30.7 Å². The minimum Gasteiger partial charge on any atom is -0.455 e. The van der Waals surface area contributed by atoms with Gasteiger partial charge in [0.2, 0.25) is 5.82 Å². The Kier molecular flexibility index (Phi) is 4.61. The molecule has 1 aromatic heterocycles. The van der Waals surface area contributed by atoms with Gasteiger partial charge in [-0.3, -0.25) is 4.79 Å². The topological polar surface area (TPSA) is 65.2 Å². The van der Waals surface area contributed by atoms with Gasteiger partial charge in [-0.1, -0.05) is 35.0 Å². The lowest BCUT2D eigenvalue weighted by Gasteiger charge is -2.04. The summed E-state index contributed by atoms with van der Waals surface area (Å²) < 4.78 is 37.8. The van der Waals surface area contributed by atoms with Crippen LogP contribution in [0.15, 0.2) is 47.0 Å². The molecule has 0 aliphatic heterocycles. The fraction of sp³-hybridized carbons (Fsp3) is 0.211. The lowest BCUT2D eigenvalue weighted by molar-refractivity contribution is -0.147. The van der Waals surface area contributed by atoms with Crippen molar-refractivity contribution in [3.8, 4) is 11.4 Å². The molecule has 0 N–H and O–H groups in total. The zero-order chi connectivity index (χ0) is 19.0. The third-order valence-electron chi connectivity index (χ3n) is 4.35. The molecule has 5 nitrogen and oxygen atoms in total. The minimum atomic E-state index is -0.654. The lowest BCUT2D eigenvalue weighted by Crippen LogP contribution is -2.09. The van der Waals surface area contributed by atoms with Crippen LogP contribution in [0.4, 0.5) is 8.78 Å². The quantitative estimate of drug-likeness (QED) is 0.599. The molecule has 138 valence electrons. The Hall–Kier alpha value is -2.80. The monoisotopic (exact) mass is 390 g/mol. The molecule has 0 bridgehead atoms. The van der Waals surface area contributed by atoms with Gasteiger partial charge in [0.1, 0.15) is 11.6 Å². The number of rotatable bonds is 5. The van der Waals surface area contributed by atoms with Crippen molar-refractivity contribution in [2.45, 2.75) is 18.9 Å². The summed E-state index contributed by atoms with van der Waals surface area (Å²) in [6, 6.07) is 10.6. The standard InChI is InChI=1S/C19H13ClF2N2O3/c20-11-4-1-3-10(7-11)18-23-16(27-24-18)9-26-19(25)13-8-12(13)17-14(21)5-2-6-15(17)22/h1-7,12-13H,8-9H2/t12-,13+/m0/s1. The Morgan fingerprint density at radius 1 is 1.22 bits per heavy atom. The second-order valence-corrected chi connectivity index (χ2v) is 6.65. The normalized spacial score (nSPS) is 18.3. The number of carbonyl (C=O) groups is 1. The average molecular weight is 391 g/mol. The van der Waals surface area contributed by atoms with Crippen LogP contribution in [0.1, 0.15) is 23.8 Å². The van der Waals surface area contributed by atoms with Crippen molar-refractivity contribution in [1.29, 1.82) is 0 Å². The third-order valence-corrected chi connectivity index (χ3v) is 4.59. The molecule has 1 saturated carbocycles. The summed E-state index contributed by atoms with van der Waals surface area (Å²) in [7, 11) is 0. The average Bonchev–Trinajstić information content (AvgIpc) is 3.27. The maximum atomic E-state index is 13.8. The smallest absolute Gasteiger partial charge is 0.310 e. The van der Waals surface area contributed by atoms with Gasteiger partial charge in [0.15, 0.2) is 6.61 Å². The van der Waals surface area contributed by atoms with Crippen LogP contribution in [0, 0.1) is 17.6 Å². The van der Waals surface area contributed by atoms with Gasteiger partial charge in [-0.15, -0.1) is 0 Å². The van der Waals surface area contributed by atoms with E-state index in [9.17, 15) is 13.6 Å². The molecular weight excluding hydrogens is 378 g/mol. The Labute approximate surface area is 157 Å². The summed E-state index contributed by atoms with van der Waals surface area (Å²) in [4.78, 5) is 16.3. The highest BCUT2D eigenvalue weighted by Gasteiger charge is 2.47. The van der Waals surface area contributed by atoms with Crippen LogP contribution >= 0.6 is 11.6 Å². The highest BCUT2D eigenvalue weighted by Crippen LogP contribution is 2.49. The number of esters is 1. The van der Waals surface area contributed by atoms with Gasteiger partial charge < -0.3 is 9.26 Å². The number of carbonyl (C=O) groups excluding carboxylic acids is 1. The first-order valence-corrected chi connectivity index (χ1v) is 8.60. The highest BCUT2D eigenvalue weighted by molar-refractivity contribution is 6.30. The third kappa shape index (κ3) is 3.68. The predicted molar refractivity (Wildman–Crippen MR) is 91.7 cm³/mol. The molecule has 2 aromatic carbocycles. The Morgan fingerprint density at radius 3 is 2.70 bits per heavy atom. The lowest BCUT2D eigenvalue weighted by atomic mass is 10.1. The van der Waals surface area contributed by atoms with E-state index in [1.165, 1.54) is 18.2 Å². The van der Waals surface area contributed by atoms with Crippen LogP contribution in [0.3, 0.4) is 0 Å². The zero-order valence-corrected chi connectivity index (χ0v) is 14.6. The first kappa shape index (κ1) is 17.6. The van der Waals surface area contributed by atoms with E-state index in [2.05, 4.69) is 10.1 Å².